The molecule has 184 valence electrons. The van der Waals surface area contributed by atoms with Gasteiger partial charge in [0.05, 0.1) is 39.2 Å². The van der Waals surface area contributed by atoms with Gasteiger partial charge in [-0.25, -0.2) is 19.5 Å². The van der Waals surface area contributed by atoms with Crippen LogP contribution >= 0.6 is 11.6 Å². The molecule has 2 aliphatic rings. The van der Waals surface area contributed by atoms with Crippen molar-refractivity contribution >= 4 is 40.3 Å². The van der Waals surface area contributed by atoms with Crippen molar-refractivity contribution in [2.75, 3.05) is 17.7 Å². The number of nitrogens with one attached hydrogen (secondary N) is 3. The predicted molar refractivity (Wildman–Crippen MR) is 144 cm³/mol. The van der Waals surface area contributed by atoms with E-state index in [1.54, 1.807) is 31.7 Å². The summed E-state index contributed by atoms with van der Waals surface area (Å²) in [4.78, 5) is 13.4. The van der Waals surface area contributed by atoms with Gasteiger partial charge in [-0.1, -0.05) is 23.7 Å². The zero-order valence-corrected chi connectivity index (χ0v) is 21.1. The fourth-order valence-corrected chi connectivity index (χ4v) is 5.53. The molecule has 3 aromatic heterocycles. The van der Waals surface area contributed by atoms with Crippen molar-refractivity contribution in [1.29, 1.82) is 0 Å². The van der Waals surface area contributed by atoms with Crippen LogP contribution in [0.25, 0.3) is 16.6 Å². The number of aliphatic imine (C=N–C) groups is 1. The molecule has 6 rings (SSSR count). The highest BCUT2D eigenvalue weighted by Gasteiger charge is 2.68. The maximum Gasteiger partial charge on any atom is 0.222 e. The summed E-state index contributed by atoms with van der Waals surface area (Å²) in [5.41, 5.74) is 11.7. The molecule has 1 aromatic carbocycles. The van der Waals surface area contributed by atoms with Crippen molar-refractivity contribution < 1.29 is 0 Å². The Bertz CT molecular complexity index is 1490. The lowest BCUT2D eigenvalue weighted by Gasteiger charge is -2.23. The van der Waals surface area contributed by atoms with Crippen molar-refractivity contribution in [3.8, 4) is 11.1 Å². The minimum absolute atomic E-state index is 0.0193. The van der Waals surface area contributed by atoms with Crippen LogP contribution in [0, 0.1) is 0 Å². The van der Waals surface area contributed by atoms with E-state index in [1.807, 2.05) is 28.9 Å². The molecule has 1 aliphatic heterocycles. The van der Waals surface area contributed by atoms with E-state index in [1.165, 1.54) is 0 Å². The molecule has 0 spiro atoms. The van der Waals surface area contributed by atoms with Crippen molar-refractivity contribution in [3.05, 3.63) is 65.7 Å². The largest absolute Gasteiger partial charge is 0.383 e. The standard InChI is InChI=1S/C26H28ClN9/c1-25-9-8-21(26(25,2)35-25)34-22-17(23(28)33-19-7-5-4-6-18(19)27)13-32-36-14-15(10-20(22)36)16-11-30-24(29-3)31-12-16/h4-7,10-14,21,34-35H,8-9H2,1-3H3,(H2,28,33)(H,29,30,31). The summed E-state index contributed by atoms with van der Waals surface area (Å²) in [6.07, 6.45) is 9.50. The monoisotopic (exact) mass is 501 g/mol. The van der Waals surface area contributed by atoms with E-state index in [2.05, 4.69) is 55.9 Å². The Morgan fingerprint density at radius 3 is 2.64 bits per heavy atom. The maximum atomic E-state index is 6.58. The topological polar surface area (TPSA) is 127 Å². The highest BCUT2D eigenvalue weighted by molar-refractivity contribution is 6.33. The van der Waals surface area contributed by atoms with Crippen LogP contribution in [0.2, 0.25) is 5.02 Å². The number of para-hydroxylation sites is 1. The summed E-state index contributed by atoms with van der Waals surface area (Å²) in [6, 6.07) is 9.71. The molecule has 0 bridgehead atoms. The van der Waals surface area contributed by atoms with Crippen LogP contribution in [0.4, 0.5) is 17.3 Å². The number of benzene rings is 1. The summed E-state index contributed by atoms with van der Waals surface area (Å²) in [7, 11) is 1.79. The lowest BCUT2D eigenvalue weighted by atomic mass is 9.97. The zero-order chi connectivity index (χ0) is 25.1. The quantitative estimate of drug-likeness (QED) is 0.177. The molecular weight excluding hydrogens is 474 g/mol. The van der Waals surface area contributed by atoms with Crippen molar-refractivity contribution in [2.45, 2.75) is 43.8 Å². The fourth-order valence-electron chi connectivity index (χ4n) is 5.35. The Morgan fingerprint density at radius 1 is 1.19 bits per heavy atom. The number of amidine groups is 1. The summed E-state index contributed by atoms with van der Waals surface area (Å²) >= 11 is 6.36. The molecule has 1 saturated heterocycles. The van der Waals surface area contributed by atoms with Gasteiger partial charge >= 0.3 is 0 Å². The van der Waals surface area contributed by atoms with Crippen LogP contribution in [0.1, 0.15) is 32.3 Å². The molecule has 3 unspecified atom stereocenters. The van der Waals surface area contributed by atoms with Gasteiger partial charge in [-0.2, -0.15) is 5.10 Å². The molecule has 10 heteroatoms. The van der Waals surface area contributed by atoms with E-state index in [0.29, 0.717) is 22.5 Å². The van der Waals surface area contributed by atoms with Crippen molar-refractivity contribution in [2.24, 2.45) is 10.7 Å². The van der Waals surface area contributed by atoms with Gasteiger partial charge in [0.2, 0.25) is 5.95 Å². The first-order chi connectivity index (χ1) is 17.3. The van der Waals surface area contributed by atoms with Gasteiger partial charge in [-0.15, -0.1) is 0 Å². The van der Waals surface area contributed by atoms with Crippen LogP contribution < -0.4 is 21.7 Å². The molecule has 4 heterocycles. The predicted octanol–water partition coefficient (Wildman–Crippen LogP) is 4.22. The summed E-state index contributed by atoms with van der Waals surface area (Å²) in [6.45, 7) is 4.57. The van der Waals surface area contributed by atoms with Crippen LogP contribution in [0.5, 0.6) is 0 Å². The smallest absolute Gasteiger partial charge is 0.222 e. The number of fused-ring (bicyclic) bond motifs is 2. The molecule has 2 fully saturated rings. The summed E-state index contributed by atoms with van der Waals surface area (Å²) < 4.78 is 1.85. The fraction of sp³-hybridized carbons (Fsp3) is 0.308. The molecule has 5 N–H and O–H groups in total. The Balaban J connectivity index is 1.46. The minimum Gasteiger partial charge on any atom is -0.383 e. The number of halogens is 1. The third-order valence-corrected chi connectivity index (χ3v) is 8.10. The van der Waals surface area contributed by atoms with E-state index >= 15 is 0 Å². The first-order valence-corrected chi connectivity index (χ1v) is 12.4. The normalized spacial score (nSPS) is 25.1. The van der Waals surface area contributed by atoms with E-state index in [0.717, 1.165) is 40.7 Å². The van der Waals surface area contributed by atoms with Gasteiger partial charge in [0.15, 0.2) is 0 Å². The average Bonchev–Trinajstić information content (AvgIpc) is 3.15. The SMILES string of the molecule is CNc1ncc(-c2cc3c(NC4CCC5(C)NC45C)c(C(N)=Nc4ccccc4Cl)cnn3c2)cn1. The number of nitrogens with two attached hydrogens (primary N) is 1. The molecule has 0 radical (unpaired) electrons. The first-order valence-electron chi connectivity index (χ1n) is 12.0. The number of piperidine rings is 1. The third kappa shape index (κ3) is 3.58. The van der Waals surface area contributed by atoms with Gasteiger partial charge in [-0.3, -0.25) is 0 Å². The highest BCUT2D eigenvalue weighted by Crippen LogP contribution is 2.52. The molecule has 1 aliphatic carbocycles. The van der Waals surface area contributed by atoms with E-state index in [-0.39, 0.29) is 17.1 Å². The molecule has 36 heavy (non-hydrogen) atoms. The second-order valence-electron chi connectivity index (χ2n) is 9.88. The van der Waals surface area contributed by atoms with Crippen molar-refractivity contribution in [3.63, 3.8) is 0 Å². The second kappa shape index (κ2) is 8.18. The van der Waals surface area contributed by atoms with Crippen LogP contribution in [0.3, 0.4) is 0 Å². The Hall–Kier alpha value is -3.69. The number of rotatable bonds is 6. The average molecular weight is 502 g/mol. The number of aromatic nitrogens is 4. The van der Waals surface area contributed by atoms with Crippen LogP contribution in [0.15, 0.2) is 60.1 Å². The van der Waals surface area contributed by atoms with Gasteiger partial charge in [0.1, 0.15) is 5.84 Å². The van der Waals surface area contributed by atoms with E-state index in [4.69, 9.17) is 17.3 Å². The molecule has 1 saturated carbocycles. The van der Waals surface area contributed by atoms with Gasteiger partial charge < -0.3 is 21.7 Å². The number of nitrogens with zero attached hydrogens (tertiary/aromatic N) is 5. The molecule has 3 atom stereocenters. The summed E-state index contributed by atoms with van der Waals surface area (Å²) in [5, 5.41) is 15.7. The van der Waals surface area contributed by atoms with Crippen LogP contribution in [-0.2, 0) is 0 Å². The summed E-state index contributed by atoms with van der Waals surface area (Å²) in [5.74, 6) is 0.919. The lowest BCUT2D eigenvalue weighted by molar-refractivity contribution is 0.570. The molecular formula is C26H28ClN9. The number of hydrogen-bond acceptors (Lipinski definition) is 7. The Morgan fingerprint density at radius 2 is 1.97 bits per heavy atom. The number of hydrogen-bond donors (Lipinski definition) is 4. The molecule has 0 amide bonds. The minimum atomic E-state index is 0.0193. The molecule has 4 aromatic rings. The number of anilines is 2. The lowest BCUT2D eigenvalue weighted by Crippen LogP contribution is -2.36. The Labute approximate surface area is 214 Å². The second-order valence-corrected chi connectivity index (χ2v) is 10.3. The van der Waals surface area contributed by atoms with E-state index < -0.39 is 0 Å². The van der Waals surface area contributed by atoms with Gasteiger partial charge in [0, 0.05) is 48.3 Å². The molecule has 9 nitrogen and oxygen atoms in total. The highest BCUT2D eigenvalue weighted by atomic mass is 35.5. The van der Waals surface area contributed by atoms with Gasteiger partial charge in [-0.05, 0) is 44.9 Å². The third-order valence-electron chi connectivity index (χ3n) is 7.78. The van der Waals surface area contributed by atoms with Crippen LogP contribution in [-0.4, -0.2) is 49.6 Å². The first kappa shape index (κ1) is 22.8. The van der Waals surface area contributed by atoms with Crippen molar-refractivity contribution in [1.82, 2.24) is 24.9 Å². The zero-order valence-electron chi connectivity index (χ0n) is 20.4. The Kier molecular flexibility index (Phi) is 5.17. The van der Waals surface area contributed by atoms with E-state index in [9.17, 15) is 0 Å². The maximum absolute atomic E-state index is 6.58. The van der Waals surface area contributed by atoms with Gasteiger partial charge in [0.25, 0.3) is 0 Å².